The van der Waals surface area contributed by atoms with Gasteiger partial charge in [-0.15, -0.1) is 0 Å². The Bertz CT molecular complexity index is 524. The first-order chi connectivity index (χ1) is 9.93. The van der Waals surface area contributed by atoms with Gasteiger partial charge in [-0.05, 0) is 11.5 Å². The van der Waals surface area contributed by atoms with E-state index in [0.29, 0.717) is 5.92 Å². The Hall–Kier alpha value is -1.87. The molecule has 1 aromatic heterocycles. The molecule has 0 fully saturated rings. The third kappa shape index (κ3) is 5.56. The normalized spacial score (nSPS) is 12.0. The molecule has 1 unspecified atom stereocenters. The van der Waals surface area contributed by atoms with Crippen LogP contribution in [0.4, 0.5) is 0 Å². The second-order valence-electron chi connectivity index (χ2n) is 5.71. The van der Waals surface area contributed by atoms with E-state index in [1.54, 1.807) is 6.07 Å². The molecule has 0 aliphatic heterocycles. The SMILES string of the molecule is CC(C)C(O)c1ccccc1.CC(C)c1cccc[n+]1[O-]. The minimum absolute atomic E-state index is 0.289. The maximum absolute atomic E-state index is 11.0. The Balaban J connectivity index is 0.000000211. The summed E-state index contributed by atoms with van der Waals surface area (Å²) in [4.78, 5) is 0. The third-order valence-electron chi connectivity index (χ3n) is 3.22. The van der Waals surface area contributed by atoms with Crippen LogP contribution in [0, 0.1) is 11.1 Å². The summed E-state index contributed by atoms with van der Waals surface area (Å²) in [6.07, 6.45) is 1.20. The standard InChI is InChI=1S/C10H14O.C8H11NO/c1-8(2)10(11)9-6-4-3-5-7-9;1-7(2)8-5-3-4-6-9(8)10/h3-8,10-11H,1-2H3;3-7H,1-2H3. The van der Waals surface area contributed by atoms with Crippen LogP contribution >= 0.6 is 0 Å². The molecule has 0 spiro atoms. The molecule has 2 rings (SSSR count). The van der Waals surface area contributed by atoms with Crippen molar-refractivity contribution in [3.8, 4) is 0 Å². The minimum atomic E-state index is -0.323. The average Bonchev–Trinajstić information content (AvgIpc) is 2.48. The number of aromatic nitrogens is 1. The maximum atomic E-state index is 11.0. The number of hydrogen-bond donors (Lipinski definition) is 1. The fourth-order valence-corrected chi connectivity index (χ4v) is 1.92. The molecule has 1 heterocycles. The van der Waals surface area contributed by atoms with Crippen molar-refractivity contribution in [1.82, 2.24) is 0 Å². The van der Waals surface area contributed by atoms with Crippen LogP contribution in [0.25, 0.3) is 0 Å². The first kappa shape index (κ1) is 17.2. The van der Waals surface area contributed by atoms with Gasteiger partial charge in [-0.1, -0.05) is 64.1 Å². The molecule has 3 nitrogen and oxygen atoms in total. The molecule has 0 saturated heterocycles. The summed E-state index contributed by atoms with van der Waals surface area (Å²) in [7, 11) is 0. The number of pyridine rings is 1. The molecule has 2 aromatic rings. The van der Waals surface area contributed by atoms with Gasteiger partial charge in [0.2, 0.25) is 0 Å². The molecule has 21 heavy (non-hydrogen) atoms. The van der Waals surface area contributed by atoms with Crippen LogP contribution in [-0.4, -0.2) is 5.11 Å². The molecular formula is C18H25NO2. The van der Waals surface area contributed by atoms with Crippen LogP contribution < -0.4 is 4.73 Å². The van der Waals surface area contributed by atoms with Crippen molar-refractivity contribution in [1.29, 1.82) is 0 Å². The smallest absolute Gasteiger partial charge is 0.195 e. The lowest BCUT2D eigenvalue weighted by Gasteiger charge is -2.13. The van der Waals surface area contributed by atoms with E-state index in [9.17, 15) is 10.3 Å². The van der Waals surface area contributed by atoms with E-state index in [2.05, 4.69) is 0 Å². The molecular weight excluding hydrogens is 262 g/mol. The first-order valence-electron chi connectivity index (χ1n) is 7.34. The zero-order valence-corrected chi connectivity index (χ0v) is 13.2. The summed E-state index contributed by atoms with van der Waals surface area (Å²) in [6, 6.07) is 15.2. The summed E-state index contributed by atoms with van der Waals surface area (Å²) >= 11 is 0. The summed E-state index contributed by atoms with van der Waals surface area (Å²) in [5.74, 6) is 0.594. The molecule has 0 radical (unpaired) electrons. The van der Waals surface area contributed by atoms with Gasteiger partial charge in [-0.3, -0.25) is 0 Å². The number of nitrogens with zero attached hydrogens (tertiary/aromatic N) is 1. The van der Waals surface area contributed by atoms with Crippen molar-refractivity contribution >= 4 is 0 Å². The largest absolute Gasteiger partial charge is 0.618 e. The van der Waals surface area contributed by atoms with Gasteiger partial charge in [-0.2, -0.15) is 4.73 Å². The van der Waals surface area contributed by atoms with Crippen molar-refractivity contribution in [3.05, 3.63) is 71.2 Å². The number of benzene rings is 1. The Morgan fingerprint density at radius 1 is 0.905 bits per heavy atom. The van der Waals surface area contributed by atoms with Gasteiger partial charge in [0.25, 0.3) is 0 Å². The fourth-order valence-electron chi connectivity index (χ4n) is 1.92. The van der Waals surface area contributed by atoms with Crippen LogP contribution in [0.2, 0.25) is 0 Å². The Labute approximate surface area is 127 Å². The van der Waals surface area contributed by atoms with E-state index in [1.165, 1.54) is 6.20 Å². The summed E-state index contributed by atoms with van der Waals surface area (Å²) in [5, 5.41) is 20.6. The zero-order chi connectivity index (χ0) is 15.8. The van der Waals surface area contributed by atoms with Gasteiger partial charge in [0.05, 0.1) is 6.10 Å². The van der Waals surface area contributed by atoms with Gasteiger partial charge < -0.3 is 10.3 Å². The van der Waals surface area contributed by atoms with E-state index in [1.807, 2.05) is 70.2 Å². The Morgan fingerprint density at radius 3 is 1.90 bits per heavy atom. The van der Waals surface area contributed by atoms with Gasteiger partial charge in [-0.25, -0.2) is 0 Å². The van der Waals surface area contributed by atoms with E-state index in [-0.39, 0.29) is 12.0 Å². The molecule has 0 amide bonds. The van der Waals surface area contributed by atoms with Crippen molar-refractivity contribution in [3.63, 3.8) is 0 Å². The molecule has 1 atom stereocenters. The quantitative estimate of drug-likeness (QED) is 0.689. The highest BCUT2D eigenvalue weighted by Crippen LogP contribution is 2.20. The lowest BCUT2D eigenvalue weighted by Crippen LogP contribution is -2.31. The lowest BCUT2D eigenvalue weighted by molar-refractivity contribution is -0.615. The second-order valence-corrected chi connectivity index (χ2v) is 5.71. The molecule has 0 aliphatic rings. The van der Waals surface area contributed by atoms with Crippen molar-refractivity contribution in [2.75, 3.05) is 0 Å². The zero-order valence-electron chi connectivity index (χ0n) is 13.2. The second kappa shape index (κ2) is 8.42. The lowest BCUT2D eigenvalue weighted by atomic mass is 10.00. The molecule has 1 N–H and O–H groups in total. The van der Waals surface area contributed by atoms with Gasteiger partial charge >= 0.3 is 0 Å². The molecule has 1 aromatic carbocycles. The van der Waals surface area contributed by atoms with E-state index < -0.39 is 0 Å². The van der Waals surface area contributed by atoms with Crippen LogP contribution in [0.1, 0.15) is 51.0 Å². The molecule has 0 aliphatic carbocycles. The third-order valence-corrected chi connectivity index (χ3v) is 3.22. The predicted molar refractivity (Wildman–Crippen MR) is 85.7 cm³/mol. The summed E-state index contributed by atoms with van der Waals surface area (Å²) < 4.78 is 0.907. The number of rotatable bonds is 3. The fraction of sp³-hybridized carbons (Fsp3) is 0.389. The van der Waals surface area contributed by atoms with Crippen LogP contribution in [-0.2, 0) is 0 Å². The highest BCUT2D eigenvalue weighted by molar-refractivity contribution is 5.17. The first-order valence-corrected chi connectivity index (χ1v) is 7.34. The predicted octanol–water partition coefficient (Wildman–Crippen LogP) is 3.82. The molecule has 0 bridgehead atoms. The maximum Gasteiger partial charge on any atom is 0.195 e. The molecule has 0 saturated carbocycles. The Kier molecular flexibility index (Phi) is 6.89. The van der Waals surface area contributed by atoms with Gasteiger partial charge in [0.1, 0.15) is 0 Å². The van der Waals surface area contributed by atoms with Crippen LogP contribution in [0.3, 0.4) is 0 Å². The number of hydrogen-bond acceptors (Lipinski definition) is 2. The van der Waals surface area contributed by atoms with E-state index in [0.717, 1.165) is 16.0 Å². The van der Waals surface area contributed by atoms with Gasteiger partial charge in [0, 0.05) is 18.1 Å². The van der Waals surface area contributed by atoms with Crippen molar-refractivity contribution < 1.29 is 9.84 Å². The number of aliphatic hydroxyl groups excluding tert-OH is 1. The van der Waals surface area contributed by atoms with E-state index >= 15 is 0 Å². The topological polar surface area (TPSA) is 47.2 Å². The Morgan fingerprint density at radius 2 is 1.48 bits per heavy atom. The van der Waals surface area contributed by atoms with E-state index in [4.69, 9.17) is 0 Å². The van der Waals surface area contributed by atoms with Crippen LogP contribution in [0.5, 0.6) is 0 Å². The monoisotopic (exact) mass is 287 g/mol. The minimum Gasteiger partial charge on any atom is -0.618 e. The highest BCUT2D eigenvalue weighted by atomic mass is 16.5. The van der Waals surface area contributed by atoms with Crippen molar-refractivity contribution in [2.24, 2.45) is 5.92 Å². The highest BCUT2D eigenvalue weighted by Gasteiger charge is 2.10. The van der Waals surface area contributed by atoms with Gasteiger partial charge in [0.15, 0.2) is 11.9 Å². The van der Waals surface area contributed by atoms with Crippen molar-refractivity contribution in [2.45, 2.75) is 39.7 Å². The average molecular weight is 287 g/mol. The summed E-state index contributed by atoms with van der Waals surface area (Å²) in [5.41, 5.74) is 1.82. The van der Waals surface area contributed by atoms with Crippen LogP contribution in [0.15, 0.2) is 54.7 Å². The molecule has 114 valence electrons. The summed E-state index contributed by atoms with van der Waals surface area (Å²) in [6.45, 7) is 8.03. The molecule has 3 heteroatoms. The number of aliphatic hydroxyl groups is 1.